The zero-order chi connectivity index (χ0) is 11.5. The van der Waals surface area contributed by atoms with Crippen LogP contribution in [0.5, 0.6) is 0 Å². The van der Waals surface area contributed by atoms with E-state index in [0.717, 1.165) is 12.8 Å². The Morgan fingerprint density at radius 2 is 2.50 bits per heavy atom. The van der Waals surface area contributed by atoms with E-state index in [1.807, 2.05) is 13.8 Å². The van der Waals surface area contributed by atoms with Gasteiger partial charge in [0.15, 0.2) is 0 Å². The molecule has 1 aromatic heterocycles. The Morgan fingerprint density at radius 3 is 3.06 bits per heavy atom. The summed E-state index contributed by atoms with van der Waals surface area (Å²) >= 11 is 0. The van der Waals surface area contributed by atoms with Gasteiger partial charge in [0.2, 0.25) is 5.91 Å². The van der Waals surface area contributed by atoms with Gasteiger partial charge in [-0.3, -0.25) is 9.89 Å². The number of aromatic nitrogens is 3. The fourth-order valence-electron chi connectivity index (χ4n) is 1.79. The van der Waals surface area contributed by atoms with E-state index in [1.54, 1.807) is 0 Å². The largest absolute Gasteiger partial charge is 0.365 e. The van der Waals surface area contributed by atoms with E-state index in [1.165, 1.54) is 6.33 Å². The lowest BCUT2D eigenvalue weighted by Crippen LogP contribution is -2.36. The highest BCUT2D eigenvalue weighted by atomic mass is 16.5. The molecule has 0 aromatic carbocycles. The molecule has 1 saturated heterocycles. The molecule has 1 aliphatic heterocycles. The topological polar surface area (TPSA) is 79.9 Å². The van der Waals surface area contributed by atoms with Crippen molar-refractivity contribution >= 4 is 5.91 Å². The Hall–Kier alpha value is -1.43. The summed E-state index contributed by atoms with van der Waals surface area (Å²) in [5, 5.41) is 9.31. The van der Waals surface area contributed by atoms with Crippen molar-refractivity contribution in [2.75, 3.05) is 0 Å². The van der Waals surface area contributed by atoms with Crippen LogP contribution in [0.15, 0.2) is 6.33 Å². The summed E-state index contributed by atoms with van der Waals surface area (Å²) in [4.78, 5) is 15.8. The molecular formula is C10H16N4O2. The van der Waals surface area contributed by atoms with Crippen LogP contribution < -0.4 is 5.32 Å². The molecule has 2 heterocycles. The van der Waals surface area contributed by atoms with E-state index < -0.39 is 0 Å². The van der Waals surface area contributed by atoms with E-state index in [9.17, 15) is 4.79 Å². The van der Waals surface area contributed by atoms with Crippen molar-refractivity contribution in [1.29, 1.82) is 0 Å². The Morgan fingerprint density at radius 1 is 1.69 bits per heavy atom. The van der Waals surface area contributed by atoms with Crippen LogP contribution in [-0.2, 0) is 9.53 Å². The summed E-state index contributed by atoms with van der Waals surface area (Å²) in [5.74, 6) is 0.577. The minimum Gasteiger partial charge on any atom is -0.365 e. The maximum atomic E-state index is 11.8. The molecule has 6 nitrogen and oxygen atoms in total. The Kier molecular flexibility index (Phi) is 3.19. The van der Waals surface area contributed by atoms with Gasteiger partial charge in [0.05, 0.1) is 12.1 Å². The number of rotatable bonds is 3. The van der Waals surface area contributed by atoms with Crippen molar-refractivity contribution in [1.82, 2.24) is 20.5 Å². The third-order valence-corrected chi connectivity index (χ3v) is 2.73. The summed E-state index contributed by atoms with van der Waals surface area (Å²) in [6.07, 6.45) is 3.01. The molecule has 3 atom stereocenters. The smallest absolute Gasteiger partial charge is 0.249 e. The van der Waals surface area contributed by atoms with Gasteiger partial charge in [-0.1, -0.05) is 0 Å². The normalized spacial score (nSPS) is 26.6. The molecule has 1 fully saturated rings. The standard InChI is InChI=1S/C10H16N4O2/c1-6-3-4-8(16-6)10(15)13-7(2)9-11-5-12-14-9/h5-8H,3-4H2,1-2H3,(H,13,15)(H,11,12,14). The molecule has 0 radical (unpaired) electrons. The number of hydrogen-bond acceptors (Lipinski definition) is 4. The van der Waals surface area contributed by atoms with Gasteiger partial charge in [-0.15, -0.1) is 0 Å². The molecule has 0 aliphatic carbocycles. The number of carbonyl (C=O) groups is 1. The number of H-pyrrole nitrogens is 1. The fourth-order valence-corrected chi connectivity index (χ4v) is 1.79. The highest BCUT2D eigenvalue weighted by Crippen LogP contribution is 2.19. The highest BCUT2D eigenvalue weighted by Gasteiger charge is 2.29. The van der Waals surface area contributed by atoms with Gasteiger partial charge in [0.25, 0.3) is 0 Å². The number of aromatic amines is 1. The summed E-state index contributed by atoms with van der Waals surface area (Å²) in [7, 11) is 0. The lowest BCUT2D eigenvalue weighted by Gasteiger charge is -2.15. The van der Waals surface area contributed by atoms with Gasteiger partial charge in [0, 0.05) is 0 Å². The zero-order valence-corrected chi connectivity index (χ0v) is 9.43. The minimum absolute atomic E-state index is 0.0757. The average Bonchev–Trinajstić information content (AvgIpc) is 2.87. The minimum atomic E-state index is -0.319. The monoisotopic (exact) mass is 224 g/mol. The van der Waals surface area contributed by atoms with Crippen molar-refractivity contribution < 1.29 is 9.53 Å². The maximum absolute atomic E-state index is 11.8. The van der Waals surface area contributed by atoms with Crippen LogP contribution in [0.1, 0.15) is 38.6 Å². The van der Waals surface area contributed by atoms with E-state index in [0.29, 0.717) is 5.82 Å². The van der Waals surface area contributed by atoms with Gasteiger partial charge in [0.1, 0.15) is 18.3 Å². The van der Waals surface area contributed by atoms with Crippen molar-refractivity contribution in [3.05, 3.63) is 12.2 Å². The molecule has 3 unspecified atom stereocenters. The molecule has 88 valence electrons. The SMILES string of the molecule is CC1CCC(C(=O)NC(C)c2ncn[nH]2)O1. The first-order chi connectivity index (χ1) is 7.66. The second kappa shape index (κ2) is 4.61. The van der Waals surface area contributed by atoms with E-state index in [-0.39, 0.29) is 24.2 Å². The predicted molar refractivity (Wildman–Crippen MR) is 56.5 cm³/mol. The summed E-state index contributed by atoms with van der Waals surface area (Å²) < 4.78 is 5.48. The first-order valence-corrected chi connectivity index (χ1v) is 5.48. The van der Waals surface area contributed by atoms with E-state index >= 15 is 0 Å². The zero-order valence-electron chi connectivity index (χ0n) is 9.43. The van der Waals surface area contributed by atoms with Crippen LogP contribution in [-0.4, -0.2) is 33.3 Å². The number of amides is 1. The number of carbonyl (C=O) groups excluding carboxylic acids is 1. The van der Waals surface area contributed by atoms with Crippen molar-refractivity contribution in [2.45, 2.75) is 44.9 Å². The molecule has 2 N–H and O–H groups in total. The quantitative estimate of drug-likeness (QED) is 0.785. The maximum Gasteiger partial charge on any atom is 0.249 e. The summed E-state index contributed by atoms with van der Waals surface area (Å²) in [5.41, 5.74) is 0. The molecule has 0 saturated carbocycles. The van der Waals surface area contributed by atoms with E-state index in [4.69, 9.17) is 4.74 Å². The van der Waals surface area contributed by atoms with Gasteiger partial charge in [-0.2, -0.15) is 5.10 Å². The van der Waals surface area contributed by atoms with Gasteiger partial charge in [-0.05, 0) is 26.7 Å². The lowest BCUT2D eigenvalue weighted by atomic mass is 10.2. The Labute approximate surface area is 93.8 Å². The predicted octanol–water partition coefficient (Wildman–Crippen LogP) is 0.549. The molecule has 1 aromatic rings. The van der Waals surface area contributed by atoms with Gasteiger partial charge >= 0.3 is 0 Å². The van der Waals surface area contributed by atoms with E-state index in [2.05, 4.69) is 20.5 Å². The average molecular weight is 224 g/mol. The van der Waals surface area contributed by atoms with Crippen LogP contribution in [0, 0.1) is 0 Å². The van der Waals surface area contributed by atoms with Crippen molar-refractivity contribution in [3.63, 3.8) is 0 Å². The van der Waals surface area contributed by atoms with Crippen molar-refractivity contribution in [2.24, 2.45) is 0 Å². The molecular weight excluding hydrogens is 208 g/mol. The molecule has 2 rings (SSSR count). The van der Waals surface area contributed by atoms with Crippen molar-refractivity contribution in [3.8, 4) is 0 Å². The van der Waals surface area contributed by atoms with Crippen LogP contribution >= 0.6 is 0 Å². The van der Waals surface area contributed by atoms with Crippen LogP contribution in [0.25, 0.3) is 0 Å². The first kappa shape index (κ1) is 11.1. The number of hydrogen-bond donors (Lipinski definition) is 2. The molecule has 0 spiro atoms. The third-order valence-electron chi connectivity index (χ3n) is 2.73. The third kappa shape index (κ3) is 2.38. The second-order valence-electron chi connectivity index (χ2n) is 4.11. The van der Waals surface area contributed by atoms with Gasteiger partial charge < -0.3 is 10.1 Å². The fraction of sp³-hybridized carbons (Fsp3) is 0.700. The summed E-state index contributed by atoms with van der Waals surface area (Å²) in [6.45, 7) is 3.84. The molecule has 0 bridgehead atoms. The molecule has 1 aliphatic rings. The van der Waals surface area contributed by atoms with Gasteiger partial charge in [-0.25, -0.2) is 4.98 Å². The van der Waals surface area contributed by atoms with Crippen LogP contribution in [0.4, 0.5) is 0 Å². The molecule has 16 heavy (non-hydrogen) atoms. The second-order valence-corrected chi connectivity index (χ2v) is 4.11. The first-order valence-electron chi connectivity index (χ1n) is 5.48. The Balaban J connectivity index is 1.88. The Bertz CT molecular complexity index is 352. The van der Waals surface area contributed by atoms with Crippen LogP contribution in [0.2, 0.25) is 0 Å². The number of ether oxygens (including phenoxy) is 1. The number of nitrogens with one attached hydrogen (secondary N) is 2. The molecule has 1 amide bonds. The number of nitrogens with zero attached hydrogens (tertiary/aromatic N) is 2. The molecule has 6 heteroatoms. The lowest BCUT2D eigenvalue weighted by molar-refractivity contribution is -0.132. The van der Waals surface area contributed by atoms with Crippen LogP contribution in [0.3, 0.4) is 0 Å². The summed E-state index contributed by atoms with van der Waals surface area (Å²) in [6, 6.07) is -0.172. The highest BCUT2D eigenvalue weighted by molar-refractivity contribution is 5.81.